The van der Waals surface area contributed by atoms with Gasteiger partial charge in [-0.3, -0.25) is 4.79 Å². The molecular weight excluding hydrogens is 264 g/mol. The number of aliphatic carboxylic acids is 1. The molecule has 0 saturated carbocycles. The van der Waals surface area contributed by atoms with Crippen LogP contribution in [0.1, 0.15) is 71.1 Å². The third-order valence-corrected chi connectivity index (χ3v) is 3.99. The van der Waals surface area contributed by atoms with Crippen LogP contribution in [0.5, 0.6) is 0 Å². The molecule has 0 aromatic carbocycles. The summed E-state index contributed by atoms with van der Waals surface area (Å²) in [6, 6.07) is 0. The Bertz CT molecular complexity index is 305. The molecule has 4 heteroatoms. The van der Waals surface area contributed by atoms with Gasteiger partial charge in [-0.25, -0.2) is 0 Å². The zero-order valence-corrected chi connectivity index (χ0v) is 13.6. The van der Waals surface area contributed by atoms with Gasteiger partial charge in [-0.05, 0) is 6.42 Å². The van der Waals surface area contributed by atoms with E-state index in [0.717, 1.165) is 13.2 Å². The second-order valence-electron chi connectivity index (χ2n) is 6.07. The van der Waals surface area contributed by atoms with Crippen LogP contribution in [0, 0.1) is 0 Å². The molecule has 1 aliphatic heterocycles. The Hall–Kier alpha value is -1.19. The first-order valence-electron chi connectivity index (χ1n) is 8.60. The highest BCUT2D eigenvalue weighted by molar-refractivity contribution is 5.69. The molecule has 0 fully saturated rings. The molecular formula is C17H32N2O2. The van der Waals surface area contributed by atoms with Gasteiger partial charge >= 0.3 is 5.97 Å². The maximum Gasteiger partial charge on any atom is 0.323 e. The number of carboxylic acids is 1. The number of hydrogen-bond acceptors (Lipinski definition) is 3. The van der Waals surface area contributed by atoms with Crippen LogP contribution in [0.15, 0.2) is 12.4 Å². The molecule has 1 N–H and O–H groups in total. The minimum absolute atomic E-state index is 0.102. The third-order valence-electron chi connectivity index (χ3n) is 3.99. The number of nitrogens with zero attached hydrogens (tertiary/aromatic N) is 2. The lowest BCUT2D eigenvalue weighted by atomic mass is 10.1. The van der Waals surface area contributed by atoms with Crippen LogP contribution < -0.4 is 0 Å². The summed E-state index contributed by atoms with van der Waals surface area (Å²) in [5, 5.41) is 8.73. The van der Waals surface area contributed by atoms with Gasteiger partial charge in [0, 0.05) is 18.9 Å². The van der Waals surface area contributed by atoms with E-state index in [1.165, 1.54) is 64.2 Å². The van der Waals surface area contributed by atoms with Gasteiger partial charge in [0.05, 0.1) is 6.67 Å². The van der Waals surface area contributed by atoms with Crippen molar-refractivity contribution in [1.82, 2.24) is 9.80 Å². The summed E-state index contributed by atoms with van der Waals surface area (Å²) in [6.07, 6.45) is 17.4. The summed E-state index contributed by atoms with van der Waals surface area (Å²) in [4.78, 5) is 14.6. The number of carbonyl (C=O) groups is 1. The molecule has 0 aliphatic carbocycles. The van der Waals surface area contributed by atoms with Gasteiger partial charge in [0.15, 0.2) is 0 Å². The Balaban J connectivity index is 1.85. The summed E-state index contributed by atoms with van der Waals surface area (Å²) in [6.45, 7) is 4.13. The second kappa shape index (κ2) is 11.5. The first-order valence-corrected chi connectivity index (χ1v) is 8.60. The van der Waals surface area contributed by atoms with E-state index in [1.807, 2.05) is 17.3 Å². The van der Waals surface area contributed by atoms with Crippen LogP contribution in [0.3, 0.4) is 0 Å². The zero-order valence-electron chi connectivity index (χ0n) is 13.6. The van der Waals surface area contributed by atoms with Crippen LogP contribution in [0.25, 0.3) is 0 Å². The Morgan fingerprint density at radius 1 is 0.905 bits per heavy atom. The Morgan fingerprint density at radius 3 is 2.00 bits per heavy atom. The third kappa shape index (κ3) is 9.38. The van der Waals surface area contributed by atoms with Crippen molar-refractivity contribution in [2.75, 3.05) is 19.8 Å². The largest absolute Gasteiger partial charge is 0.480 e. The topological polar surface area (TPSA) is 43.8 Å². The molecule has 0 unspecified atom stereocenters. The van der Waals surface area contributed by atoms with Crippen LogP contribution in [0.4, 0.5) is 0 Å². The molecule has 0 saturated heterocycles. The second-order valence-corrected chi connectivity index (χ2v) is 6.07. The maximum absolute atomic E-state index is 10.6. The molecule has 0 aromatic heterocycles. The highest BCUT2D eigenvalue weighted by atomic mass is 16.4. The van der Waals surface area contributed by atoms with E-state index in [4.69, 9.17) is 5.11 Å². The number of carboxylic acid groups (broad SMARTS) is 1. The molecule has 0 atom stereocenters. The molecule has 1 rings (SSSR count). The van der Waals surface area contributed by atoms with Crippen molar-refractivity contribution < 1.29 is 9.90 Å². The van der Waals surface area contributed by atoms with Crippen molar-refractivity contribution in [3.63, 3.8) is 0 Å². The summed E-state index contributed by atoms with van der Waals surface area (Å²) in [5.74, 6) is -0.763. The predicted octanol–water partition coefficient (Wildman–Crippen LogP) is 4.04. The van der Waals surface area contributed by atoms with E-state index in [2.05, 4.69) is 11.8 Å². The summed E-state index contributed by atoms with van der Waals surface area (Å²) in [5.41, 5.74) is 0. The Labute approximate surface area is 129 Å². The van der Waals surface area contributed by atoms with E-state index in [9.17, 15) is 4.79 Å². The van der Waals surface area contributed by atoms with Crippen LogP contribution in [0.2, 0.25) is 0 Å². The van der Waals surface area contributed by atoms with E-state index >= 15 is 0 Å². The zero-order chi connectivity index (χ0) is 15.3. The van der Waals surface area contributed by atoms with Crippen molar-refractivity contribution in [3.8, 4) is 0 Å². The fourth-order valence-electron chi connectivity index (χ4n) is 2.74. The highest BCUT2D eigenvalue weighted by Crippen LogP contribution is 2.12. The molecule has 0 bridgehead atoms. The number of unbranched alkanes of at least 4 members (excludes halogenated alkanes) is 9. The van der Waals surface area contributed by atoms with Gasteiger partial charge < -0.3 is 14.9 Å². The average molecular weight is 296 g/mol. The fourth-order valence-corrected chi connectivity index (χ4v) is 2.74. The normalized spacial score (nSPS) is 14.1. The van der Waals surface area contributed by atoms with Crippen LogP contribution in [-0.4, -0.2) is 40.6 Å². The molecule has 122 valence electrons. The summed E-state index contributed by atoms with van der Waals surface area (Å²) >= 11 is 0. The molecule has 0 spiro atoms. The van der Waals surface area contributed by atoms with Gasteiger partial charge in [0.2, 0.25) is 0 Å². The monoisotopic (exact) mass is 296 g/mol. The molecule has 1 aliphatic rings. The van der Waals surface area contributed by atoms with Gasteiger partial charge in [-0.15, -0.1) is 0 Å². The Morgan fingerprint density at radius 2 is 1.43 bits per heavy atom. The predicted molar refractivity (Wildman–Crippen MR) is 86.9 cm³/mol. The van der Waals surface area contributed by atoms with Crippen LogP contribution >= 0.6 is 0 Å². The molecule has 4 nitrogen and oxygen atoms in total. The SMILES string of the molecule is CCCCCCCCCCCCN1C=CN(CC(=O)O)C1. The first kappa shape index (κ1) is 17.9. The van der Waals surface area contributed by atoms with Crippen LogP contribution in [-0.2, 0) is 4.79 Å². The molecule has 21 heavy (non-hydrogen) atoms. The lowest BCUT2D eigenvalue weighted by molar-refractivity contribution is -0.137. The van der Waals surface area contributed by atoms with Crippen molar-refractivity contribution in [2.24, 2.45) is 0 Å². The molecule has 0 radical (unpaired) electrons. The van der Waals surface area contributed by atoms with Gasteiger partial charge in [-0.1, -0.05) is 64.7 Å². The fraction of sp³-hybridized carbons (Fsp3) is 0.824. The highest BCUT2D eigenvalue weighted by Gasteiger charge is 2.13. The quantitative estimate of drug-likeness (QED) is 0.521. The summed E-state index contributed by atoms with van der Waals surface area (Å²) in [7, 11) is 0. The van der Waals surface area contributed by atoms with E-state index < -0.39 is 5.97 Å². The number of rotatable bonds is 13. The minimum atomic E-state index is -0.763. The molecule has 0 amide bonds. The minimum Gasteiger partial charge on any atom is -0.480 e. The van der Waals surface area contributed by atoms with Crippen molar-refractivity contribution in [1.29, 1.82) is 0 Å². The standard InChI is InChI=1S/C17H32N2O2/c1-2-3-4-5-6-7-8-9-10-11-12-18-13-14-19(16-18)15-17(20)21/h13-14H,2-12,15-16H2,1H3,(H,20,21). The maximum atomic E-state index is 10.6. The number of hydrogen-bond donors (Lipinski definition) is 1. The van der Waals surface area contributed by atoms with Gasteiger partial charge in [0.25, 0.3) is 0 Å². The van der Waals surface area contributed by atoms with E-state index in [-0.39, 0.29) is 6.54 Å². The Kier molecular flexibility index (Phi) is 9.75. The van der Waals surface area contributed by atoms with Gasteiger partial charge in [0.1, 0.15) is 6.54 Å². The summed E-state index contributed by atoms with van der Waals surface area (Å²) < 4.78 is 0. The van der Waals surface area contributed by atoms with Crippen molar-refractivity contribution in [3.05, 3.63) is 12.4 Å². The van der Waals surface area contributed by atoms with Crippen molar-refractivity contribution in [2.45, 2.75) is 71.1 Å². The lowest BCUT2D eigenvalue weighted by Gasteiger charge is -2.19. The van der Waals surface area contributed by atoms with E-state index in [0.29, 0.717) is 0 Å². The average Bonchev–Trinajstić information content (AvgIpc) is 2.87. The smallest absolute Gasteiger partial charge is 0.323 e. The van der Waals surface area contributed by atoms with Gasteiger partial charge in [-0.2, -0.15) is 0 Å². The molecule has 0 aromatic rings. The van der Waals surface area contributed by atoms with Crippen molar-refractivity contribution >= 4 is 5.97 Å². The molecule has 1 heterocycles. The first-order chi connectivity index (χ1) is 10.2. The lowest BCUT2D eigenvalue weighted by Crippen LogP contribution is -2.29. The van der Waals surface area contributed by atoms with E-state index in [1.54, 1.807) is 0 Å².